The molecule has 1 aliphatic heterocycles. The molecule has 0 saturated carbocycles. The zero-order valence-corrected chi connectivity index (χ0v) is 50.9. The van der Waals surface area contributed by atoms with Gasteiger partial charge in [-0.3, -0.25) is 24.0 Å². The largest absolute Gasteiger partial charge is 0.466 e. The maximum absolute atomic E-state index is 13.3. The van der Waals surface area contributed by atoms with Gasteiger partial charge in [-0.1, -0.05) is 175 Å². The smallest absolute Gasteiger partial charge is 0.306 e. The summed E-state index contributed by atoms with van der Waals surface area (Å²) in [6.45, 7) is 13.5. The van der Waals surface area contributed by atoms with Gasteiger partial charge in [0.05, 0.1) is 13.0 Å². The molecule has 0 aromatic heterocycles. The van der Waals surface area contributed by atoms with Crippen LogP contribution >= 0.6 is 0 Å². The van der Waals surface area contributed by atoms with E-state index in [0.717, 1.165) is 90.3 Å². The fourth-order valence-electron chi connectivity index (χ4n) is 10.0. The molecule has 1 aromatic carbocycles. The number of esters is 5. The minimum Gasteiger partial charge on any atom is -0.466 e. The molecule has 1 heterocycles. The zero-order chi connectivity index (χ0) is 57.1. The quantitative estimate of drug-likeness (QED) is 0.0263. The minimum absolute atomic E-state index is 0.0104. The first-order valence-corrected chi connectivity index (χ1v) is 32.5. The molecule has 0 spiro atoms. The molecule has 0 radical (unpaired) electrons. The molecule has 2 rings (SSSR count). The van der Waals surface area contributed by atoms with Crippen molar-refractivity contribution in [3.63, 3.8) is 0 Å². The van der Waals surface area contributed by atoms with E-state index in [9.17, 15) is 24.0 Å². The van der Waals surface area contributed by atoms with Crippen LogP contribution in [0.5, 0.6) is 0 Å². The Morgan fingerprint density at radius 3 is 1.22 bits per heavy atom. The average Bonchev–Trinajstić information content (AvgIpc) is 3.98. The maximum atomic E-state index is 13.3. The fourth-order valence-corrected chi connectivity index (χ4v) is 10.0. The van der Waals surface area contributed by atoms with E-state index in [1.165, 1.54) is 116 Å². The minimum atomic E-state index is -0.480. The molecule has 0 aliphatic carbocycles. The third-order valence-electron chi connectivity index (χ3n) is 14.9. The highest BCUT2D eigenvalue weighted by Gasteiger charge is 2.20. The van der Waals surface area contributed by atoms with Gasteiger partial charge in [0.1, 0.15) is 25.9 Å². The normalized spacial score (nSPS) is 13.0. The lowest BCUT2D eigenvalue weighted by Gasteiger charge is -2.19. The second-order valence-electron chi connectivity index (χ2n) is 22.5. The molecular formula is C66H115NO12. The number of nitrogens with zero attached hydrogens (tertiary/aromatic N) is 1. The third kappa shape index (κ3) is 42.9. The molecule has 1 unspecified atom stereocenters. The Balaban J connectivity index is 1.97. The predicted molar refractivity (Wildman–Crippen MR) is 316 cm³/mol. The highest BCUT2D eigenvalue weighted by molar-refractivity contribution is 5.71. The highest BCUT2D eigenvalue weighted by atomic mass is 16.7. The summed E-state index contributed by atoms with van der Waals surface area (Å²) in [5, 5.41) is 0. The summed E-state index contributed by atoms with van der Waals surface area (Å²) in [7, 11) is 0. The maximum Gasteiger partial charge on any atom is 0.306 e. The van der Waals surface area contributed by atoms with Crippen molar-refractivity contribution in [2.24, 2.45) is 0 Å². The number of hydrogen-bond donors (Lipinski definition) is 0. The van der Waals surface area contributed by atoms with Gasteiger partial charge < -0.3 is 38.1 Å². The lowest BCUT2D eigenvalue weighted by molar-refractivity contribution is -0.160. The van der Waals surface area contributed by atoms with Gasteiger partial charge >= 0.3 is 29.8 Å². The SMILES string of the molecule is CCCCCCCCCCCCOC(=O)CCCCCC(=O)OCc1cc(COC(=O)CCC(CCCCCC)OC(=O)CCCN2CCCC2)cc(COC(=O)CCC(OCCCCCCCC)OCCCCCCCC)c1. The first kappa shape index (κ1) is 71.6. The van der Waals surface area contributed by atoms with Crippen LogP contribution in [0.4, 0.5) is 0 Å². The van der Waals surface area contributed by atoms with E-state index in [0.29, 0.717) is 87.9 Å². The molecule has 13 heteroatoms. The molecule has 0 N–H and O–H groups in total. The van der Waals surface area contributed by atoms with Gasteiger partial charge in [0.2, 0.25) is 0 Å². The van der Waals surface area contributed by atoms with E-state index in [1.54, 1.807) is 0 Å². The number of unbranched alkanes of at least 4 members (excludes halogenated alkanes) is 24. The summed E-state index contributed by atoms with van der Waals surface area (Å²) < 4.78 is 41.0. The first-order valence-electron chi connectivity index (χ1n) is 32.5. The molecule has 1 saturated heterocycles. The number of rotatable bonds is 55. The number of carbonyl (C=O) groups is 5. The Bertz CT molecular complexity index is 1650. The van der Waals surface area contributed by atoms with E-state index < -0.39 is 12.3 Å². The van der Waals surface area contributed by atoms with Crippen molar-refractivity contribution in [1.82, 2.24) is 4.90 Å². The van der Waals surface area contributed by atoms with Crippen molar-refractivity contribution in [3.8, 4) is 0 Å². The van der Waals surface area contributed by atoms with E-state index in [4.69, 9.17) is 33.2 Å². The first-order chi connectivity index (χ1) is 38.6. The van der Waals surface area contributed by atoms with Crippen molar-refractivity contribution in [1.29, 1.82) is 0 Å². The lowest BCUT2D eigenvalue weighted by Crippen LogP contribution is -2.23. The molecule has 1 aliphatic rings. The Morgan fingerprint density at radius 1 is 0.380 bits per heavy atom. The third-order valence-corrected chi connectivity index (χ3v) is 14.9. The van der Waals surface area contributed by atoms with Gasteiger partial charge in [0, 0.05) is 45.3 Å². The van der Waals surface area contributed by atoms with Crippen LogP contribution in [0.2, 0.25) is 0 Å². The van der Waals surface area contributed by atoms with Crippen molar-refractivity contribution >= 4 is 29.8 Å². The van der Waals surface area contributed by atoms with Crippen LogP contribution in [0, 0.1) is 0 Å². The molecule has 13 nitrogen and oxygen atoms in total. The molecule has 0 amide bonds. The Hall–Kier alpha value is -3.55. The van der Waals surface area contributed by atoms with Crippen molar-refractivity contribution < 1.29 is 57.1 Å². The van der Waals surface area contributed by atoms with Gasteiger partial charge in [-0.05, 0) is 125 Å². The molecule has 79 heavy (non-hydrogen) atoms. The van der Waals surface area contributed by atoms with Crippen LogP contribution in [-0.4, -0.2) is 86.6 Å². The van der Waals surface area contributed by atoms with Gasteiger partial charge in [0.25, 0.3) is 0 Å². The second kappa shape index (κ2) is 51.3. The summed E-state index contributed by atoms with van der Waals surface area (Å²) in [5.41, 5.74) is 2.01. The standard InChI is InChI=1S/C66H115NO12/c1-5-9-13-17-20-21-22-23-26-33-48-73-61(68)38-29-27-30-39-62(69)76-54-57-51-58(55-77-63(70)42-41-60(37-28-16-12-8-4)79-65(72)40-36-47-67-45-31-32-46-67)53-59(52-57)56-78-64(71)43-44-66(74-49-34-24-18-14-10-6-2)75-50-35-25-19-15-11-7-3/h51-53,60,66H,5-50,54-56H2,1-4H3. The lowest BCUT2D eigenvalue weighted by atomic mass is 10.0. The Morgan fingerprint density at radius 2 is 0.747 bits per heavy atom. The van der Waals surface area contributed by atoms with Crippen LogP contribution in [0.25, 0.3) is 0 Å². The van der Waals surface area contributed by atoms with Crippen LogP contribution in [0.15, 0.2) is 18.2 Å². The van der Waals surface area contributed by atoms with E-state index >= 15 is 0 Å². The van der Waals surface area contributed by atoms with Crippen LogP contribution in [0.1, 0.15) is 301 Å². The van der Waals surface area contributed by atoms with Crippen molar-refractivity contribution in [2.75, 3.05) is 39.5 Å². The molecule has 1 atom stereocenters. The monoisotopic (exact) mass is 1110 g/mol. The number of benzene rings is 1. The predicted octanol–water partition coefficient (Wildman–Crippen LogP) is 16.6. The number of likely N-dealkylation sites (tertiary alicyclic amines) is 1. The van der Waals surface area contributed by atoms with E-state index in [2.05, 4.69) is 32.6 Å². The number of ether oxygens (including phenoxy) is 7. The Labute approximate surface area is 481 Å². The van der Waals surface area contributed by atoms with E-state index in [1.807, 2.05) is 18.2 Å². The molecule has 1 aromatic rings. The molecule has 0 bridgehead atoms. The highest BCUT2D eigenvalue weighted by Crippen LogP contribution is 2.20. The second-order valence-corrected chi connectivity index (χ2v) is 22.5. The summed E-state index contributed by atoms with van der Waals surface area (Å²) in [4.78, 5) is 67.0. The summed E-state index contributed by atoms with van der Waals surface area (Å²) in [6, 6.07) is 5.51. The van der Waals surface area contributed by atoms with Gasteiger partial charge in [-0.15, -0.1) is 0 Å². The average molecular weight is 1110 g/mol. The number of carbonyl (C=O) groups excluding carboxylic acids is 5. The van der Waals surface area contributed by atoms with Gasteiger partial charge in [-0.2, -0.15) is 0 Å². The van der Waals surface area contributed by atoms with Gasteiger partial charge in [0.15, 0.2) is 6.29 Å². The van der Waals surface area contributed by atoms with Crippen molar-refractivity contribution in [3.05, 3.63) is 34.9 Å². The fraction of sp³-hybridized carbons (Fsp3) is 0.833. The van der Waals surface area contributed by atoms with Crippen LogP contribution < -0.4 is 0 Å². The van der Waals surface area contributed by atoms with Crippen LogP contribution in [0.3, 0.4) is 0 Å². The number of hydrogen-bond acceptors (Lipinski definition) is 13. The summed E-state index contributed by atoms with van der Waals surface area (Å²) in [5.74, 6) is -1.52. The van der Waals surface area contributed by atoms with Crippen molar-refractivity contribution in [2.45, 2.75) is 317 Å². The topological polar surface area (TPSA) is 153 Å². The molecular weight excluding hydrogens is 999 g/mol. The zero-order valence-electron chi connectivity index (χ0n) is 50.9. The Kier molecular flexibility index (Phi) is 46.5. The summed E-state index contributed by atoms with van der Waals surface area (Å²) in [6.07, 6.45) is 37.4. The van der Waals surface area contributed by atoms with Gasteiger partial charge in [-0.25, -0.2) is 0 Å². The molecule has 456 valence electrons. The molecule has 1 fully saturated rings. The van der Waals surface area contributed by atoms with E-state index in [-0.39, 0.29) is 69.1 Å². The summed E-state index contributed by atoms with van der Waals surface area (Å²) >= 11 is 0. The van der Waals surface area contributed by atoms with Crippen LogP contribution in [-0.2, 0) is 77.0 Å².